The number of hydrogen-bond donors (Lipinski definition) is 3. The number of hydrogen-bond acceptors (Lipinski definition) is 6. The minimum atomic E-state index is -0.923. The van der Waals surface area contributed by atoms with Crippen molar-refractivity contribution in [2.75, 3.05) is 20.1 Å². The average molecular weight is 399 g/mol. The minimum absolute atomic E-state index is 0.0670. The Bertz CT molecular complexity index is 858. The molecular weight excluding hydrogens is 373 g/mol. The smallest absolute Gasteiger partial charge is 0.213 e. The molecule has 1 saturated heterocycles. The molecule has 1 aliphatic heterocycles. The van der Waals surface area contributed by atoms with Gasteiger partial charge in [-0.15, -0.1) is 0 Å². The molecule has 0 amide bonds. The number of rotatable bonds is 5. The van der Waals surface area contributed by atoms with Gasteiger partial charge in [0.1, 0.15) is 0 Å². The largest absolute Gasteiger partial charge is 0.372 e. The Morgan fingerprint density at radius 1 is 1.34 bits per heavy atom. The normalized spacial score (nSPS) is 22.7. The van der Waals surface area contributed by atoms with Crippen LogP contribution in [-0.4, -0.2) is 53.6 Å². The van der Waals surface area contributed by atoms with E-state index in [-0.39, 0.29) is 23.5 Å². The van der Waals surface area contributed by atoms with Crippen LogP contribution in [0.4, 0.5) is 4.39 Å². The Hall–Kier alpha value is -2.84. The van der Waals surface area contributed by atoms with Crippen molar-refractivity contribution in [3.8, 4) is 0 Å². The third-order valence-electron chi connectivity index (χ3n) is 5.25. The fourth-order valence-electron chi connectivity index (χ4n) is 3.58. The first-order valence-corrected chi connectivity index (χ1v) is 9.64. The third-order valence-corrected chi connectivity index (χ3v) is 5.25. The van der Waals surface area contributed by atoms with Crippen molar-refractivity contribution in [3.05, 3.63) is 59.9 Å². The van der Waals surface area contributed by atoms with Crippen LogP contribution in [0.15, 0.2) is 69.9 Å². The molecule has 1 fully saturated rings. The van der Waals surface area contributed by atoms with Crippen LogP contribution in [0.1, 0.15) is 25.7 Å². The number of amidine groups is 1. The predicted octanol–water partition coefficient (Wildman–Crippen LogP) is 3.52. The summed E-state index contributed by atoms with van der Waals surface area (Å²) in [6.45, 7) is 5.60. The highest BCUT2D eigenvalue weighted by molar-refractivity contribution is 6.14. The number of piperidine rings is 1. The monoisotopic (exact) mass is 399 g/mol. The topological polar surface area (TPSA) is 93.3 Å². The van der Waals surface area contributed by atoms with Crippen LogP contribution in [0.5, 0.6) is 0 Å². The summed E-state index contributed by atoms with van der Waals surface area (Å²) in [6, 6.07) is 0.579. The summed E-state index contributed by atoms with van der Waals surface area (Å²) in [5.74, 6) is -1.19. The molecule has 3 rings (SSSR count). The van der Waals surface area contributed by atoms with E-state index in [0.29, 0.717) is 12.5 Å². The van der Waals surface area contributed by atoms with E-state index in [0.717, 1.165) is 31.6 Å². The summed E-state index contributed by atoms with van der Waals surface area (Å²) in [5.41, 5.74) is 1.86. The van der Waals surface area contributed by atoms with E-state index in [1.54, 1.807) is 6.08 Å². The van der Waals surface area contributed by atoms with Gasteiger partial charge in [0.25, 0.3) is 0 Å². The molecule has 3 N–H and O–H groups in total. The van der Waals surface area contributed by atoms with Gasteiger partial charge in [-0.3, -0.25) is 0 Å². The maximum Gasteiger partial charge on any atom is 0.213 e. The second-order valence-electron chi connectivity index (χ2n) is 6.99. The number of halogens is 1. The quantitative estimate of drug-likeness (QED) is 0.285. The molecule has 0 aromatic rings. The van der Waals surface area contributed by atoms with Crippen LogP contribution >= 0.6 is 0 Å². The van der Waals surface area contributed by atoms with Crippen molar-refractivity contribution in [2.24, 2.45) is 9.98 Å². The molecule has 0 bridgehead atoms. The Balaban J connectivity index is 1.75. The standard InChI is InChI=1S/C21H26FN5O2/c1-3-25-21(17-8-9-18(23)19(22)20(17)29-28)26-15-4-6-16(7-5-15)27-12-10-14(24-2)11-13-27/h3-4,6-8,14,23-24,28H,1,5,9-13H2,2H3. The summed E-state index contributed by atoms with van der Waals surface area (Å²) in [5, 5.41) is 20.0. The molecule has 0 unspecified atom stereocenters. The molecule has 0 aromatic heterocycles. The van der Waals surface area contributed by atoms with Crippen molar-refractivity contribution in [3.63, 3.8) is 0 Å². The van der Waals surface area contributed by atoms with Gasteiger partial charge in [0.15, 0.2) is 11.7 Å². The second kappa shape index (κ2) is 9.58. The van der Waals surface area contributed by atoms with Crippen molar-refractivity contribution < 1.29 is 14.5 Å². The van der Waals surface area contributed by atoms with Gasteiger partial charge in [-0.25, -0.2) is 19.6 Å². The first-order valence-electron chi connectivity index (χ1n) is 9.64. The van der Waals surface area contributed by atoms with Gasteiger partial charge < -0.3 is 20.5 Å². The van der Waals surface area contributed by atoms with Gasteiger partial charge in [0, 0.05) is 49.6 Å². The molecular formula is C21H26FN5O2. The van der Waals surface area contributed by atoms with Gasteiger partial charge in [0.2, 0.25) is 5.76 Å². The fraction of sp³-hybridized carbons (Fsp3) is 0.381. The van der Waals surface area contributed by atoms with Gasteiger partial charge in [-0.2, -0.15) is 0 Å². The molecule has 0 saturated carbocycles. The Morgan fingerprint density at radius 2 is 2.10 bits per heavy atom. The van der Waals surface area contributed by atoms with Gasteiger partial charge >= 0.3 is 0 Å². The van der Waals surface area contributed by atoms with Crippen molar-refractivity contribution >= 4 is 17.3 Å². The third kappa shape index (κ3) is 4.78. The highest BCUT2D eigenvalue weighted by Gasteiger charge is 2.26. The average Bonchev–Trinajstić information content (AvgIpc) is 2.76. The second-order valence-corrected chi connectivity index (χ2v) is 6.99. The van der Waals surface area contributed by atoms with E-state index < -0.39 is 11.6 Å². The number of allylic oxidation sites excluding steroid dienone is 5. The summed E-state index contributed by atoms with van der Waals surface area (Å²) >= 11 is 0. The molecule has 3 aliphatic rings. The van der Waals surface area contributed by atoms with Crippen LogP contribution < -0.4 is 5.32 Å². The molecule has 29 heavy (non-hydrogen) atoms. The van der Waals surface area contributed by atoms with Gasteiger partial charge in [0.05, 0.1) is 11.3 Å². The summed E-state index contributed by atoms with van der Waals surface area (Å²) in [6.07, 6.45) is 11.8. The zero-order valence-electron chi connectivity index (χ0n) is 16.5. The van der Waals surface area contributed by atoms with E-state index in [1.807, 2.05) is 19.2 Å². The van der Waals surface area contributed by atoms with E-state index in [9.17, 15) is 4.39 Å². The number of aliphatic imine (C=N–C) groups is 2. The van der Waals surface area contributed by atoms with Crippen molar-refractivity contribution in [1.82, 2.24) is 10.2 Å². The van der Waals surface area contributed by atoms with E-state index in [2.05, 4.69) is 37.7 Å². The van der Waals surface area contributed by atoms with Crippen LogP contribution in [0.3, 0.4) is 0 Å². The minimum Gasteiger partial charge on any atom is -0.372 e. The zero-order chi connectivity index (χ0) is 20.8. The lowest BCUT2D eigenvalue weighted by Gasteiger charge is -2.34. The summed E-state index contributed by atoms with van der Waals surface area (Å²) < 4.78 is 14.1. The lowest BCUT2D eigenvalue weighted by Crippen LogP contribution is -2.40. The molecule has 154 valence electrons. The fourth-order valence-corrected chi connectivity index (χ4v) is 3.58. The zero-order valence-corrected chi connectivity index (χ0v) is 16.5. The van der Waals surface area contributed by atoms with Gasteiger partial charge in [-0.05, 0) is 32.0 Å². The SMILES string of the molecule is C=CN=C(N=C1C=CC(N2CCC(NC)CC2)=CC1)C1=CCC(=N)C(F)=C1OO. The van der Waals surface area contributed by atoms with Crippen molar-refractivity contribution in [1.29, 1.82) is 5.41 Å². The lowest BCUT2D eigenvalue weighted by molar-refractivity contribution is -0.200. The number of nitrogens with one attached hydrogen (secondary N) is 2. The number of likely N-dealkylation sites (tertiary alicyclic amines) is 1. The molecule has 1 heterocycles. The molecule has 0 aromatic carbocycles. The Morgan fingerprint density at radius 3 is 2.69 bits per heavy atom. The first kappa shape index (κ1) is 20.9. The summed E-state index contributed by atoms with van der Waals surface area (Å²) in [4.78, 5) is 15.2. The highest BCUT2D eigenvalue weighted by Crippen LogP contribution is 2.27. The van der Waals surface area contributed by atoms with Crippen LogP contribution in [-0.2, 0) is 4.89 Å². The molecule has 0 spiro atoms. The lowest BCUT2D eigenvalue weighted by atomic mass is 10.0. The Kier molecular flexibility index (Phi) is 6.90. The maximum atomic E-state index is 14.1. The molecule has 8 heteroatoms. The van der Waals surface area contributed by atoms with Crippen molar-refractivity contribution in [2.45, 2.75) is 31.7 Å². The van der Waals surface area contributed by atoms with Gasteiger partial charge in [-0.1, -0.05) is 18.7 Å². The molecule has 0 atom stereocenters. The molecule has 0 radical (unpaired) electrons. The highest BCUT2D eigenvalue weighted by atomic mass is 19.1. The summed E-state index contributed by atoms with van der Waals surface area (Å²) in [7, 11) is 2.00. The van der Waals surface area contributed by atoms with E-state index in [4.69, 9.17) is 10.7 Å². The van der Waals surface area contributed by atoms with E-state index in [1.165, 1.54) is 11.9 Å². The van der Waals surface area contributed by atoms with Crippen LogP contribution in [0.25, 0.3) is 0 Å². The first-order chi connectivity index (χ1) is 14.1. The maximum absolute atomic E-state index is 14.1. The molecule has 2 aliphatic carbocycles. The number of nitrogens with zero attached hydrogens (tertiary/aromatic N) is 3. The molecule has 7 nitrogen and oxygen atoms in total. The Labute approximate surface area is 169 Å². The predicted molar refractivity (Wildman–Crippen MR) is 113 cm³/mol. The van der Waals surface area contributed by atoms with Crippen LogP contribution in [0.2, 0.25) is 0 Å². The van der Waals surface area contributed by atoms with E-state index >= 15 is 0 Å². The van der Waals surface area contributed by atoms with Crippen LogP contribution in [0, 0.1) is 5.41 Å².